The number of aliphatic hydroxyl groups excluding tert-OH is 1. The molecule has 0 radical (unpaired) electrons. The molecule has 1 aliphatic rings. The Hall–Kier alpha value is -2.43. The molecule has 0 amide bonds. The molecule has 0 bridgehead atoms. The fourth-order valence-electron chi connectivity index (χ4n) is 2.68. The molecule has 0 saturated carbocycles. The first-order valence-electron chi connectivity index (χ1n) is 6.33. The molecule has 10 heteroatoms. The summed E-state index contributed by atoms with van der Waals surface area (Å²) in [6.45, 7) is 1.39. The number of hydrogen-bond acceptors (Lipinski definition) is 8. The van der Waals surface area contributed by atoms with Crippen molar-refractivity contribution in [3.8, 4) is 0 Å². The molecular weight excluding hydrogens is 296 g/mol. The van der Waals surface area contributed by atoms with Gasteiger partial charge in [0.15, 0.2) is 23.7 Å². The number of hydrogen-bond donors (Lipinski definition) is 3. The van der Waals surface area contributed by atoms with E-state index in [4.69, 9.17) is 4.74 Å². The number of carbonyl (C=O) groups excluding carboxylic acids is 2. The summed E-state index contributed by atoms with van der Waals surface area (Å²) in [5.74, 6) is 0. The van der Waals surface area contributed by atoms with Crippen LogP contribution >= 0.6 is 0 Å². The van der Waals surface area contributed by atoms with Gasteiger partial charge in [0.1, 0.15) is 12.4 Å². The number of nitrogens with zero attached hydrogens (tertiary/aromatic N) is 3. The molecule has 3 N–H and O–H groups in total. The molecule has 1 aliphatic heterocycles. The number of imidazole rings is 1. The molecule has 2 aromatic heterocycles. The Bertz CT molecular complexity index is 815. The van der Waals surface area contributed by atoms with Crippen LogP contribution in [0, 0.1) is 0 Å². The second-order valence-corrected chi connectivity index (χ2v) is 5.04. The minimum absolute atomic E-state index is 0.0363. The van der Waals surface area contributed by atoms with E-state index in [0.29, 0.717) is 0 Å². The molecular formula is C12H12N4O6. The molecule has 0 unspecified atom stereocenters. The van der Waals surface area contributed by atoms with E-state index in [1.165, 1.54) is 6.92 Å². The van der Waals surface area contributed by atoms with Crippen LogP contribution in [0.5, 0.6) is 0 Å². The van der Waals surface area contributed by atoms with E-state index < -0.39 is 29.1 Å². The van der Waals surface area contributed by atoms with Gasteiger partial charge in [0.05, 0.1) is 12.4 Å². The van der Waals surface area contributed by atoms with Crippen molar-refractivity contribution in [2.24, 2.45) is 0 Å². The van der Waals surface area contributed by atoms with Crippen LogP contribution in [0.25, 0.3) is 11.2 Å². The summed E-state index contributed by atoms with van der Waals surface area (Å²) in [5, 5.41) is 20.5. The summed E-state index contributed by atoms with van der Waals surface area (Å²) in [6.07, 6.45) is -0.321. The van der Waals surface area contributed by atoms with Gasteiger partial charge < -0.3 is 19.9 Å². The van der Waals surface area contributed by atoms with Crippen molar-refractivity contribution < 1.29 is 24.5 Å². The van der Waals surface area contributed by atoms with Crippen molar-refractivity contribution in [1.82, 2.24) is 19.5 Å². The van der Waals surface area contributed by atoms with Crippen LogP contribution in [0.4, 0.5) is 0 Å². The lowest BCUT2D eigenvalue weighted by Crippen LogP contribution is -2.59. The lowest BCUT2D eigenvalue weighted by atomic mass is 9.88. The zero-order chi connectivity index (χ0) is 16.1. The van der Waals surface area contributed by atoms with Crippen LogP contribution in [0.2, 0.25) is 0 Å². The predicted octanol–water partition coefficient (Wildman–Crippen LogP) is -2.32. The molecule has 0 aromatic carbocycles. The van der Waals surface area contributed by atoms with Gasteiger partial charge in [-0.15, -0.1) is 0 Å². The monoisotopic (exact) mass is 308 g/mol. The first-order chi connectivity index (χ1) is 10.4. The van der Waals surface area contributed by atoms with Crippen molar-refractivity contribution in [2.75, 3.05) is 0 Å². The number of aromatic amines is 1. The number of ether oxygens (including phenoxy) is 1. The summed E-state index contributed by atoms with van der Waals surface area (Å²) < 4.78 is 6.34. The van der Waals surface area contributed by atoms with Gasteiger partial charge in [-0.2, -0.15) is 0 Å². The summed E-state index contributed by atoms with van der Waals surface area (Å²) in [7, 11) is 0. The van der Waals surface area contributed by atoms with Gasteiger partial charge in [-0.25, -0.2) is 9.97 Å². The third kappa shape index (κ3) is 1.51. The second-order valence-electron chi connectivity index (χ2n) is 5.04. The molecule has 0 spiro atoms. The minimum Gasteiger partial charge on any atom is -0.387 e. The Kier molecular flexibility index (Phi) is 2.99. The number of aromatic nitrogens is 4. The first kappa shape index (κ1) is 14.5. The molecule has 22 heavy (non-hydrogen) atoms. The van der Waals surface area contributed by atoms with Gasteiger partial charge in [-0.3, -0.25) is 19.0 Å². The van der Waals surface area contributed by atoms with Crippen molar-refractivity contribution >= 4 is 23.7 Å². The molecule has 10 nitrogen and oxygen atoms in total. The minimum atomic E-state index is -2.55. The molecule has 1 saturated heterocycles. The van der Waals surface area contributed by atoms with E-state index in [1.54, 1.807) is 0 Å². The Balaban J connectivity index is 2.35. The highest BCUT2D eigenvalue weighted by atomic mass is 16.6. The third-order valence-corrected chi connectivity index (χ3v) is 3.87. The number of aldehydes is 2. The van der Waals surface area contributed by atoms with Crippen LogP contribution in [-0.4, -0.2) is 60.1 Å². The van der Waals surface area contributed by atoms with E-state index in [0.717, 1.165) is 17.2 Å². The number of carbonyl (C=O) groups is 2. The van der Waals surface area contributed by atoms with Crippen molar-refractivity contribution in [3.63, 3.8) is 0 Å². The average Bonchev–Trinajstić information content (AvgIpc) is 3.03. The number of nitrogens with one attached hydrogen (secondary N) is 1. The first-order valence-corrected chi connectivity index (χ1v) is 6.33. The molecule has 0 aliphatic carbocycles. The second kappa shape index (κ2) is 4.53. The quantitative estimate of drug-likeness (QED) is 0.535. The van der Waals surface area contributed by atoms with Gasteiger partial charge in [-0.1, -0.05) is 0 Å². The summed E-state index contributed by atoms with van der Waals surface area (Å²) in [6, 6.07) is 0. The van der Waals surface area contributed by atoms with Crippen LogP contribution in [0.15, 0.2) is 17.4 Å². The van der Waals surface area contributed by atoms with Gasteiger partial charge in [0, 0.05) is 0 Å². The van der Waals surface area contributed by atoms with E-state index in [-0.39, 0.29) is 23.7 Å². The summed E-state index contributed by atoms with van der Waals surface area (Å²) in [4.78, 5) is 44.8. The molecule has 3 heterocycles. The Morgan fingerprint density at radius 1 is 1.41 bits per heavy atom. The van der Waals surface area contributed by atoms with Gasteiger partial charge in [0.2, 0.25) is 11.3 Å². The van der Waals surface area contributed by atoms with Crippen molar-refractivity contribution in [3.05, 3.63) is 23.0 Å². The Labute approximate surface area is 122 Å². The summed E-state index contributed by atoms with van der Waals surface area (Å²) in [5.41, 5.74) is -5.56. The SMILES string of the molecule is C[C@H]1O[C@@](C=O)(n2cnc3c(=O)[nH]cnc32)[C@@](O)(C=O)[C@@H]1O. The Morgan fingerprint density at radius 2 is 2.14 bits per heavy atom. The van der Waals surface area contributed by atoms with Gasteiger partial charge in [0.25, 0.3) is 5.56 Å². The van der Waals surface area contributed by atoms with Crippen LogP contribution in [0.3, 0.4) is 0 Å². The molecule has 2 aromatic rings. The normalized spacial score (nSPS) is 34.9. The van der Waals surface area contributed by atoms with Crippen LogP contribution in [0.1, 0.15) is 6.92 Å². The molecule has 116 valence electrons. The predicted molar refractivity (Wildman–Crippen MR) is 69.8 cm³/mol. The molecule has 1 fully saturated rings. The number of aliphatic hydroxyl groups is 2. The van der Waals surface area contributed by atoms with E-state index in [1.807, 2.05) is 0 Å². The van der Waals surface area contributed by atoms with E-state index >= 15 is 0 Å². The maximum absolute atomic E-state index is 11.7. The van der Waals surface area contributed by atoms with Gasteiger partial charge in [-0.05, 0) is 6.92 Å². The highest BCUT2D eigenvalue weighted by molar-refractivity contribution is 5.80. The molecule has 3 rings (SSSR count). The number of fused-ring (bicyclic) bond motifs is 1. The lowest BCUT2D eigenvalue weighted by molar-refractivity contribution is -0.184. The summed E-state index contributed by atoms with van der Waals surface area (Å²) >= 11 is 0. The maximum Gasteiger partial charge on any atom is 0.278 e. The van der Waals surface area contributed by atoms with Crippen molar-refractivity contribution in [1.29, 1.82) is 0 Å². The maximum atomic E-state index is 11.7. The third-order valence-electron chi connectivity index (χ3n) is 3.87. The molecule has 4 atom stereocenters. The topological polar surface area (TPSA) is 147 Å². The van der Waals surface area contributed by atoms with Gasteiger partial charge >= 0.3 is 0 Å². The lowest BCUT2D eigenvalue weighted by Gasteiger charge is -2.34. The zero-order valence-corrected chi connectivity index (χ0v) is 11.3. The Morgan fingerprint density at radius 3 is 2.77 bits per heavy atom. The van der Waals surface area contributed by atoms with Crippen LogP contribution in [-0.2, 0) is 20.1 Å². The number of rotatable bonds is 3. The fraction of sp³-hybridized carbons (Fsp3) is 0.417. The highest BCUT2D eigenvalue weighted by Crippen LogP contribution is 2.42. The largest absolute Gasteiger partial charge is 0.387 e. The van der Waals surface area contributed by atoms with E-state index in [9.17, 15) is 24.6 Å². The standard InChI is InChI=1S/C12H12N4O6/c1-6-8(19)11(21,2-17)12(3-18,22-6)16-5-15-7-9(16)13-4-14-10(7)20/h2-6,8,19,21H,1H3,(H,13,14,20)/t6-,8-,11-,12-/m1/s1. The fourth-order valence-corrected chi connectivity index (χ4v) is 2.68. The zero-order valence-electron chi connectivity index (χ0n) is 11.3. The average molecular weight is 308 g/mol. The van der Waals surface area contributed by atoms with Crippen molar-refractivity contribution in [2.45, 2.75) is 30.5 Å². The van der Waals surface area contributed by atoms with E-state index in [2.05, 4.69) is 15.0 Å². The smallest absolute Gasteiger partial charge is 0.278 e. The highest BCUT2D eigenvalue weighted by Gasteiger charge is 2.66. The van der Waals surface area contributed by atoms with Crippen LogP contribution < -0.4 is 5.56 Å². The number of H-pyrrole nitrogens is 1.